The van der Waals surface area contributed by atoms with E-state index in [9.17, 15) is 30.0 Å². The molecule has 0 aromatic rings. The molecular weight excluding hydrogens is 1160 g/mol. The van der Waals surface area contributed by atoms with E-state index in [1.807, 2.05) is 0 Å². The molecule has 94 heavy (non-hydrogen) atoms. The van der Waals surface area contributed by atoms with Crippen molar-refractivity contribution in [2.24, 2.45) is 11.8 Å². The van der Waals surface area contributed by atoms with Gasteiger partial charge in [-0.25, -0.2) is 0 Å². The average Bonchev–Trinajstić information content (AvgIpc) is 0.942. The molecule has 0 radical (unpaired) electrons. The summed E-state index contributed by atoms with van der Waals surface area (Å²) >= 11 is 0. The Labute approximate surface area is 582 Å². The number of piperazine rings is 1. The molecule has 0 saturated carbocycles. The predicted octanol–water partition coefficient (Wildman–Crippen LogP) is 24.0. The van der Waals surface area contributed by atoms with Crippen LogP contribution in [0.4, 0.5) is 0 Å². The van der Waals surface area contributed by atoms with E-state index in [4.69, 9.17) is 0 Å². The van der Waals surface area contributed by atoms with E-state index >= 15 is 0 Å². The molecular formula is C86H154N2O6. The van der Waals surface area contributed by atoms with Crippen LogP contribution in [0.3, 0.4) is 0 Å². The quantitative estimate of drug-likeness (QED) is 0.0265. The van der Waals surface area contributed by atoms with Crippen LogP contribution in [0, 0.1) is 11.8 Å². The van der Waals surface area contributed by atoms with Crippen molar-refractivity contribution in [1.82, 2.24) is 10.6 Å². The summed E-state index contributed by atoms with van der Waals surface area (Å²) in [5.74, 6) is 0.215. The third-order valence-electron chi connectivity index (χ3n) is 19.3. The number of hydrogen-bond acceptors (Lipinski definition) is 6. The van der Waals surface area contributed by atoms with Gasteiger partial charge < -0.3 is 31.1 Å². The highest BCUT2D eigenvalue weighted by molar-refractivity contribution is 5.96. The van der Waals surface area contributed by atoms with E-state index in [2.05, 4.69) is 136 Å². The molecule has 1 rings (SSSR count). The van der Waals surface area contributed by atoms with Gasteiger partial charge in [-0.3, -0.25) is 9.59 Å². The lowest BCUT2D eigenvalue weighted by atomic mass is 9.86. The lowest BCUT2D eigenvalue weighted by Gasteiger charge is -2.30. The van der Waals surface area contributed by atoms with Gasteiger partial charge in [0.1, 0.15) is 12.1 Å². The summed E-state index contributed by atoms with van der Waals surface area (Å²) in [6, 6.07) is -1.09. The number of allylic oxidation sites excluding steroid dienone is 16. The molecule has 1 aliphatic heterocycles. The predicted molar refractivity (Wildman–Crippen MR) is 409 cm³/mol. The molecule has 6 unspecified atom stereocenters. The number of aliphatic hydroxyl groups is 4. The van der Waals surface area contributed by atoms with Gasteiger partial charge in [-0.1, -0.05) is 292 Å². The molecule has 8 nitrogen and oxygen atoms in total. The van der Waals surface area contributed by atoms with Crippen LogP contribution in [0.2, 0.25) is 0 Å². The Morgan fingerprint density at radius 2 is 0.468 bits per heavy atom. The SMILES string of the molecule is CCCCC/C=C\C/C=C\CCCCCCC(O)CC(CCCCC1NC(=O)C(CCCCC(CC(O)CCCCCC/C=C\C/C=C\CCCCC)CC(O)CCCCCC/C=C\C/C=C\CCCCC)NC1=O)CC(O)CCCCCC/C=C\C/C=C\CCCCC. The van der Waals surface area contributed by atoms with E-state index in [-0.39, 0.29) is 48.1 Å². The van der Waals surface area contributed by atoms with Crippen LogP contribution in [0.5, 0.6) is 0 Å². The summed E-state index contributed by atoms with van der Waals surface area (Å²) in [4.78, 5) is 27.0. The van der Waals surface area contributed by atoms with Crippen molar-refractivity contribution < 1.29 is 30.0 Å². The van der Waals surface area contributed by atoms with Crippen LogP contribution in [-0.4, -0.2) is 68.7 Å². The first-order chi connectivity index (χ1) is 46.1. The van der Waals surface area contributed by atoms with Crippen LogP contribution in [-0.2, 0) is 9.59 Å². The lowest BCUT2D eigenvalue weighted by Crippen LogP contribution is -2.61. The molecule has 0 aliphatic carbocycles. The lowest BCUT2D eigenvalue weighted by molar-refractivity contribution is -0.137. The standard InChI is InChI=1S/C86H154N2O6/c1-5-9-13-17-21-25-29-33-37-41-45-49-53-57-67-79(89)73-77(74-80(90)68-58-54-50-46-42-38-34-30-26-22-18-14-10-6-2)65-61-63-71-83-85(93)88-84(86(94)87-83)72-64-62-66-78(75-81(91)69-59-55-51-47-43-39-35-31-27-23-19-15-11-7-3)76-82(92)70-60-56-52-48-44-40-36-32-28-24-20-16-12-8-4/h21-28,33-40,77-84,89-92H,5-20,29-32,41-76H2,1-4H3,(H,87,94)(H,88,93)/b25-21-,26-22-,27-23-,28-24-,37-33-,38-34-,39-35-,40-36-. The van der Waals surface area contributed by atoms with Gasteiger partial charge in [0.05, 0.1) is 24.4 Å². The second-order valence-electron chi connectivity index (χ2n) is 28.6. The maximum absolute atomic E-state index is 13.5. The van der Waals surface area contributed by atoms with E-state index in [1.54, 1.807) is 0 Å². The Kier molecular flexibility index (Phi) is 65.7. The molecule has 1 aliphatic rings. The van der Waals surface area contributed by atoms with Crippen LogP contribution in [0.25, 0.3) is 0 Å². The van der Waals surface area contributed by atoms with Crippen molar-refractivity contribution in [3.63, 3.8) is 0 Å². The number of carbonyl (C=O) groups excluding carboxylic acids is 2. The molecule has 0 aromatic carbocycles. The van der Waals surface area contributed by atoms with E-state index in [0.29, 0.717) is 38.5 Å². The van der Waals surface area contributed by atoms with Gasteiger partial charge in [0.15, 0.2) is 0 Å². The topological polar surface area (TPSA) is 139 Å². The summed E-state index contributed by atoms with van der Waals surface area (Å²) in [7, 11) is 0. The van der Waals surface area contributed by atoms with E-state index in [0.717, 1.165) is 167 Å². The largest absolute Gasteiger partial charge is 0.393 e. The molecule has 8 heteroatoms. The normalized spacial score (nSPS) is 17.0. The fourth-order valence-electron chi connectivity index (χ4n) is 13.4. The van der Waals surface area contributed by atoms with Crippen molar-refractivity contribution in [2.45, 2.75) is 424 Å². The Morgan fingerprint density at radius 1 is 0.266 bits per heavy atom. The average molecular weight is 1310 g/mol. The number of hydrogen-bond donors (Lipinski definition) is 6. The van der Waals surface area contributed by atoms with Gasteiger partial charge in [0, 0.05) is 0 Å². The van der Waals surface area contributed by atoms with Gasteiger partial charge in [-0.2, -0.15) is 0 Å². The Balaban J connectivity index is 2.70. The summed E-state index contributed by atoms with van der Waals surface area (Å²) in [6.07, 6.45) is 94.5. The molecule has 0 bridgehead atoms. The number of rotatable bonds is 70. The number of nitrogens with one attached hydrogen (secondary N) is 2. The van der Waals surface area contributed by atoms with Crippen LogP contribution in [0.1, 0.15) is 387 Å². The van der Waals surface area contributed by atoms with Gasteiger partial charge >= 0.3 is 0 Å². The zero-order valence-electron chi connectivity index (χ0n) is 62.1. The first-order valence-electron chi connectivity index (χ1n) is 40.7. The molecule has 2 amide bonds. The van der Waals surface area contributed by atoms with Gasteiger partial charge in [-0.05, 0) is 204 Å². The minimum Gasteiger partial charge on any atom is -0.393 e. The highest BCUT2D eigenvalue weighted by Gasteiger charge is 2.33. The van der Waals surface area contributed by atoms with Crippen molar-refractivity contribution in [3.8, 4) is 0 Å². The highest BCUT2D eigenvalue weighted by atomic mass is 16.3. The molecule has 1 heterocycles. The van der Waals surface area contributed by atoms with Crippen molar-refractivity contribution in [3.05, 3.63) is 97.2 Å². The number of amides is 2. The summed E-state index contributed by atoms with van der Waals surface area (Å²) < 4.78 is 0. The van der Waals surface area contributed by atoms with Crippen molar-refractivity contribution in [2.75, 3.05) is 0 Å². The second kappa shape index (κ2) is 69.6. The van der Waals surface area contributed by atoms with Crippen molar-refractivity contribution in [1.29, 1.82) is 0 Å². The van der Waals surface area contributed by atoms with Crippen LogP contribution >= 0.6 is 0 Å². The van der Waals surface area contributed by atoms with Gasteiger partial charge in [-0.15, -0.1) is 0 Å². The molecule has 1 saturated heterocycles. The molecule has 6 N–H and O–H groups in total. The summed E-state index contributed by atoms with van der Waals surface area (Å²) in [5.41, 5.74) is 0. The molecule has 6 atom stereocenters. The Hall–Kier alpha value is -3.30. The third kappa shape index (κ3) is 59.9. The molecule has 1 fully saturated rings. The zero-order chi connectivity index (χ0) is 68.1. The molecule has 0 spiro atoms. The van der Waals surface area contributed by atoms with Gasteiger partial charge in [0.2, 0.25) is 11.8 Å². The molecule has 544 valence electrons. The maximum Gasteiger partial charge on any atom is 0.243 e. The van der Waals surface area contributed by atoms with Gasteiger partial charge in [0.25, 0.3) is 0 Å². The minimum atomic E-state index is -0.547. The number of unbranched alkanes of at least 4 members (excludes halogenated alkanes) is 30. The van der Waals surface area contributed by atoms with E-state index < -0.39 is 12.1 Å². The fourth-order valence-corrected chi connectivity index (χ4v) is 13.4. The fraction of sp³-hybridized carbons (Fsp3) is 0.791. The van der Waals surface area contributed by atoms with E-state index in [1.165, 1.54) is 154 Å². The minimum absolute atomic E-state index is 0.103. The maximum atomic E-state index is 13.5. The Bertz CT molecular complexity index is 1660. The monoisotopic (exact) mass is 1310 g/mol. The van der Waals surface area contributed by atoms with Crippen LogP contribution in [0.15, 0.2) is 97.2 Å². The second-order valence-corrected chi connectivity index (χ2v) is 28.6. The summed E-state index contributed by atoms with van der Waals surface area (Å²) in [6.45, 7) is 9.00. The molecule has 0 aromatic heterocycles. The first kappa shape index (κ1) is 88.7. The zero-order valence-corrected chi connectivity index (χ0v) is 62.1. The number of carbonyl (C=O) groups is 2. The Morgan fingerprint density at radius 3 is 0.691 bits per heavy atom. The van der Waals surface area contributed by atoms with Crippen LogP contribution < -0.4 is 10.6 Å². The van der Waals surface area contributed by atoms with Crippen molar-refractivity contribution >= 4 is 11.8 Å². The highest BCUT2D eigenvalue weighted by Crippen LogP contribution is 2.28. The third-order valence-corrected chi connectivity index (χ3v) is 19.3. The summed E-state index contributed by atoms with van der Waals surface area (Å²) in [5, 5.41) is 51.4. The first-order valence-corrected chi connectivity index (χ1v) is 40.7. The smallest absolute Gasteiger partial charge is 0.243 e. The number of aliphatic hydroxyl groups excluding tert-OH is 4.